The number of thioether (sulfide) groups is 1. The summed E-state index contributed by atoms with van der Waals surface area (Å²) in [6.45, 7) is 0.241. The third kappa shape index (κ3) is 4.09. The number of aromatic nitrogens is 2. The van der Waals surface area contributed by atoms with Crippen LogP contribution in [0.2, 0.25) is 0 Å². The van der Waals surface area contributed by atoms with Gasteiger partial charge in [0.15, 0.2) is 5.16 Å². The molecule has 0 saturated heterocycles. The summed E-state index contributed by atoms with van der Waals surface area (Å²) in [5, 5.41) is 18.9. The predicted octanol–water partition coefficient (Wildman–Crippen LogP) is 4.24. The van der Waals surface area contributed by atoms with Crippen LogP contribution in [0.15, 0.2) is 56.9 Å². The van der Waals surface area contributed by atoms with Crippen molar-refractivity contribution in [3.05, 3.63) is 74.0 Å². The molecule has 0 fully saturated rings. The second-order valence-corrected chi connectivity index (χ2v) is 7.26. The van der Waals surface area contributed by atoms with Crippen molar-refractivity contribution in [2.75, 3.05) is 6.26 Å². The normalized spacial score (nSPS) is 10.1. The average Bonchev–Trinajstić information content (AvgIpc) is 2.72. The highest BCUT2D eigenvalue weighted by atomic mass is 79.9. The maximum Gasteiger partial charge on any atom is 0.270 e. The van der Waals surface area contributed by atoms with Crippen LogP contribution < -0.4 is 10.3 Å². The second-order valence-electron chi connectivity index (χ2n) is 5.61. The molecule has 28 heavy (non-hydrogen) atoms. The molecule has 138 valence electrons. The van der Waals surface area contributed by atoms with Gasteiger partial charge in [0.05, 0.1) is 21.8 Å². The highest BCUT2D eigenvalue weighted by Gasteiger charge is 2.15. The SMILES string of the molecule is CSc1nc(-c2ccc(OCc3ccccc3C#N)c(Br)c2)c(C#N)c(=O)[nH]1. The van der Waals surface area contributed by atoms with Crippen LogP contribution in [0.25, 0.3) is 11.3 Å². The molecule has 6 nitrogen and oxygen atoms in total. The van der Waals surface area contributed by atoms with Gasteiger partial charge < -0.3 is 9.72 Å². The Labute approximate surface area is 173 Å². The standard InChI is InChI=1S/C20H13BrN4O2S/c1-28-20-24-18(15(10-23)19(26)25-20)12-6-7-17(16(21)8-12)27-11-14-5-3-2-4-13(14)9-22/h2-8H,11H2,1H3,(H,24,25,26). The molecule has 0 unspecified atom stereocenters. The molecule has 0 aliphatic carbocycles. The lowest BCUT2D eigenvalue weighted by atomic mass is 10.1. The predicted molar refractivity (Wildman–Crippen MR) is 110 cm³/mol. The van der Waals surface area contributed by atoms with Crippen molar-refractivity contribution in [1.82, 2.24) is 9.97 Å². The minimum Gasteiger partial charge on any atom is -0.488 e. The van der Waals surface area contributed by atoms with Gasteiger partial charge in [-0.2, -0.15) is 10.5 Å². The molecule has 3 aromatic rings. The van der Waals surface area contributed by atoms with Gasteiger partial charge >= 0.3 is 0 Å². The number of H-pyrrole nitrogens is 1. The van der Waals surface area contributed by atoms with E-state index in [1.165, 1.54) is 11.8 Å². The van der Waals surface area contributed by atoms with Crippen molar-refractivity contribution >= 4 is 27.7 Å². The molecule has 0 atom stereocenters. The molecule has 8 heteroatoms. The van der Waals surface area contributed by atoms with E-state index in [0.717, 1.165) is 5.56 Å². The third-order valence-electron chi connectivity index (χ3n) is 3.93. The molecule has 1 heterocycles. The van der Waals surface area contributed by atoms with Crippen molar-refractivity contribution in [3.63, 3.8) is 0 Å². The summed E-state index contributed by atoms with van der Waals surface area (Å²) in [6, 6.07) is 16.5. The third-order valence-corrected chi connectivity index (χ3v) is 5.13. The van der Waals surface area contributed by atoms with E-state index in [0.29, 0.717) is 32.2 Å². The summed E-state index contributed by atoms with van der Waals surface area (Å²) in [5.74, 6) is 0.574. The smallest absolute Gasteiger partial charge is 0.270 e. The van der Waals surface area contributed by atoms with Crippen LogP contribution in [0.1, 0.15) is 16.7 Å². The van der Waals surface area contributed by atoms with E-state index in [4.69, 9.17) is 10.00 Å². The van der Waals surface area contributed by atoms with Gasteiger partial charge in [-0.3, -0.25) is 4.79 Å². The van der Waals surface area contributed by atoms with Crippen LogP contribution in [0, 0.1) is 22.7 Å². The van der Waals surface area contributed by atoms with Gasteiger partial charge in [0.2, 0.25) is 0 Å². The Kier molecular flexibility index (Phi) is 6.15. The summed E-state index contributed by atoms with van der Waals surface area (Å²) in [7, 11) is 0. The van der Waals surface area contributed by atoms with Gasteiger partial charge in [0.25, 0.3) is 5.56 Å². The number of nitrogens with one attached hydrogen (secondary N) is 1. The topological polar surface area (TPSA) is 103 Å². The van der Waals surface area contributed by atoms with Crippen LogP contribution in [0.4, 0.5) is 0 Å². The van der Waals surface area contributed by atoms with Gasteiger partial charge in [-0.05, 0) is 46.5 Å². The molecule has 3 rings (SSSR count). The van der Waals surface area contributed by atoms with Crippen LogP contribution in [-0.4, -0.2) is 16.2 Å². The first kappa shape index (κ1) is 19.7. The Morgan fingerprint density at radius 3 is 2.68 bits per heavy atom. The van der Waals surface area contributed by atoms with Crippen LogP contribution >= 0.6 is 27.7 Å². The molecule has 0 spiro atoms. The highest BCUT2D eigenvalue weighted by Crippen LogP contribution is 2.31. The first-order chi connectivity index (χ1) is 13.6. The number of benzene rings is 2. The van der Waals surface area contributed by atoms with Gasteiger partial charge in [-0.1, -0.05) is 30.0 Å². The van der Waals surface area contributed by atoms with E-state index < -0.39 is 5.56 Å². The molecule has 0 radical (unpaired) electrons. The summed E-state index contributed by atoms with van der Waals surface area (Å²) >= 11 is 4.75. The molecule has 1 aromatic heterocycles. The van der Waals surface area contributed by atoms with Crippen LogP contribution in [0.3, 0.4) is 0 Å². The fourth-order valence-electron chi connectivity index (χ4n) is 2.54. The zero-order valence-electron chi connectivity index (χ0n) is 14.7. The minimum atomic E-state index is -0.471. The van der Waals surface area contributed by atoms with Gasteiger partial charge in [-0.15, -0.1) is 0 Å². The number of hydrogen-bond donors (Lipinski definition) is 1. The van der Waals surface area contributed by atoms with E-state index in [9.17, 15) is 10.1 Å². The maximum atomic E-state index is 12.1. The maximum absolute atomic E-state index is 12.1. The van der Waals surface area contributed by atoms with E-state index in [2.05, 4.69) is 32.0 Å². The Morgan fingerprint density at radius 1 is 1.21 bits per heavy atom. The summed E-state index contributed by atoms with van der Waals surface area (Å²) in [4.78, 5) is 19.0. The average molecular weight is 453 g/mol. The summed E-state index contributed by atoms with van der Waals surface area (Å²) < 4.78 is 6.48. The van der Waals surface area contributed by atoms with Crippen molar-refractivity contribution in [2.24, 2.45) is 0 Å². The molecule has 0 aliphatic heterocycles. The van der Waals surface area contributed by atoms with Crippen LogP contribution in [0.5, 0.6) is 5.75 Å². The lowest BCUT2D eigenvalue weighted by molar-refractivity contribution is 0.304. The largest absolute Gasteiger partial charge is 0.488 e. The molecule has 0 bridgehead atoms. The number of aromatic amines is 1. The summed E-state index contributed by atoms with van der Waals surface area (Å²) in [6.07, 6.45) is 1.79. The number of halogens is 1. The minimum absolute atomic E-state index is 0.0404. The molecule has 1 N–H and O–H groups in total. The molecular formula is C20H13BrN4O2S. The second kappa shape index (κ2) is 8.75. The Hall–Kier alpha value is -3.07. The lowest BCUT2D eigenvalue weighted by Gasteiger charge is -2.11. The summed E-state index contributed by atoms with van der Waals surface area (Å²) in [5.41, 5.74) is 1.77. The number of rotatable bonds is 5. The van der Waals surface area contributed by atoms with E-state index in [1.807, 2.05) is 18.2 Å². The van der Waals surface area contributed by atoms with Gasteiger partial charge in [0, 0.05) is 11.1 Å². The number of nitriles is 2. The van der Waals surface area contributed by atoms with Crippen molar-refractivity contribution in [3.8, 4) is 29.1 Å². The Balaban J connectivity index is 1.92. The first-order valence-corrected chi connectivity index (χ1v) is 10.1. The van der Waals surface area contributed by atoms with Crippen molar-refractivity contribution in [1.29, 1.82) is 10.5 Å². The van der Waals surface area contributed by atoms with Gasteiger partial charge in [-0.25, -0.2) is 4.98 Å². The van der Waals surface area contributed by atoms with E-state index >= 15 is 0 Å². The van der Waals surface area contributed by atoms with Gasteiger partial charge in [0.1, 0.15) is 24.0 Å². The van der Waals surface area contributed by atoms with Crippen molar-refractivity contribution < 1.29 is 4.74 Å². The zero-order chi connectivity index (χ0) is 20.1. The van der Waals surface area contributed by atoms with Crippen molar-refractivity contribution in [2.45, 2.75) is 11.8 Å². The van der Waals surface area contributed by atoms with E-state index in [-0.39, 0.29) is 12.2 Å². The quantitative estimate of drug-likeness (QED) is 0.458. The lowest BCUT2D eigenvalue weighted by Crippen LogP contribution is -2.14. The Bertz CT molecular complexity index is 1180. The monoisotopic (exact) mass is 452 g/mol. The molecule has 0 saturated carbocycles. The molecular weight excluding hydrogens is 440 g/mol. The first-order valence-electron chi connectivity index (χ1n) is 8.06. The zero-order valence-corrected chi connectivity index (χ0v) is 17.1. The highest BCUT2D eigenvalue weighted by molar-refractivity contribution is 9.10. The van der Waals surface area contributed by atoms with Crippen LogP contribution in [-0.2, 0) is 6.61 Å². The number of hydrogen-bond acceptors (Lipinski definition) is 6. The molecule has 0 aliphatic rings. The number of nitrogens with zero attached hydrogens (tertiary/aromatic N) is 3. The fraction of sp³-hybridized carbons (Fsp3) is 0.100. The molecule has 0 amide bonds. The van der Waals surface area contributed by atoms with E-state index in [1.54, 1.807) is 36.6 Å². The Morgan fingerprint density at radius 2 is 2.00 bits per heavy atom. The molecule has 2 aromatic carbocycles. The number of ether oxygens (including phenoxy) is 1. The fourth-order valence-corrected chi connectivity index (χ4v) is 3.41.